The van der Waals surface area contributed by atoms with E-state index < -0.39 is 0 Å². The van der Waals surface area contributed by atoms with Crippen molar-refractivity contribution in [1.82, 2.24) is 14.5 Å². The standard InChI is InChI=1S/C26H30N4O2/c1-26(2)9-13-29(14-10-26)24(31)20-15-19-5-4-11-30(23(19)27-17-20)21-6-7-22-18(16-21)8-12-28(3)25(22)32/h6-8,12,15-17H,4-5,9-11,13-14H2,1-3H3. The van der Waals surface area contributed by atoms with Gasteiger partial charge in [0.2, 0.25) is 0 Å². The van der Waals surface area contributed by atoms with Gasteiger partial charge >= 0.3 is 0 Å². The second-order valence-corrected chi connectivity index (χ2v) is 9.92. The van der Waals surface area contributed by atoms with E-state index in [1.807, 2.05) is 29.2 Å². The first-order valence-electron chi connectivity index (χ1n) is 11.5. The molecule has 3 aromatic rings. The lowest BCUT2D eigenvalue weighted by atomic mass is 9.82. The molecule has 6 heteroatoms. The largest absolute Gasteiger partial charge is 0.339 e. The van der Waals surface area contributed by atoms with Crippen molar-refractivity contribution in [3.05, 3.63) is 64.2 Å². The number of nitrogens with zero attached hydrogens (tertiary/aromatic N) is 4. The second-order valence-electron chi connectivity index (χ2n) is 9.92. The first kappa shape index (κ1) is 20.7. The first-order valence-corrected chi connectivity index (χ1v) is 11.5. The van der Waals surface area contributed by atoms with Gasteiger partial charge < -0.3 is 14.4 Å². The minimum Gasteiger partial charge on any atom is -0.339 e. The van der Waals surface area contributed by atoms with Crippen molar-refractivity contribution in [1.29, 1.82) is 0 Å². The summed E-state index contributed by atoms with van der Waals surface area (Å²) in [6.45, 7) is 7.03. The monoisotopic (exact) mass is 430 g/mol. The van der Waals surface area contributed by atoms with Gasteiger partial charge in [0.25, 0.3) is 11.5 Å². The highest BCUT2D eigenvalue weighted by Gasteiger charge is 2.29. The molecular formula is C26H30N4O2. The van der Waals surface area contributed by atoms with Crippen LogP contribution in [0.4, 0.5) is 11.5 Å². The number of likely N-dealkylation sites (tertiary alicyclic amines) is 1. The third-order valence-corrected chi connectivity index (χ3v) is 7.05. The molecule has 2 aromatic heterocycles. The van der Waals surface area contributed by atoms with Crippen LogP contribution < -0.4 is 10.5 Å². The van der Waals surface area contributed by atoms with Gasteiger partial charge in [-0.25, -0.2) is 4.98 Å². The SMILES string of the molecule is Cn1ccc2cc(N3CCCc4cc(C(=O)N5CCC(C)(C)CC5)cnc43)ccc2c1=O. The summed E-state index contributed by atoms with van der Waals surface area (Å²) in [7, 11) is 1.77. The van der Waals surface area contributed by atoms with Crippen molar-refractivity contribution < 1.29 is 4.79 Å². The molecule has 0 aliphatic carbocycles. The van der Waals surface area contributed by atoms with E-state index in [0.717, 1.165) is 73.2 Å². The molecule has 1 aromatic carbocycles. The molecule has 5 rings (SSSR count). The highest BCUT2D eigenvalue weighted by atomic mass is 16.2. The van der Waals surface area contributed by atoms with Crippen molar-refractivity contribution in [3.8, 4) is 0 Å². The second kappa shape index (κ2) is 7.76. The van der Waals surface area contributed by atoms with Crippen molar-refractivity contribution in [2.24, 2.45) is 12.5 Å². The zero-order chi connectivity index (χ0) is 22.5. The van der Waals surface area contributed by atoms with Crippen LogP contribution in [0.3, 0.4) is 0 Å². The van der Waals surface area contributed by atoms with Crippen LogP contribution in [-0.2, 0) is 13.5 Å². The maximum absolute atomic E-state index is 13.1. The van der Waals surface area contributed by atoms with E-state index in [1.54, 1.807) is 24.0 Å². The molecule has 0 saturated carbocycles. The summed E-state index contributed by atoms with van der Waals surface area (Å²) in [4.78, 5) is 34.4. The Morgan fingerprint density at radius 2 is 1.84 bits per heavy atom. The van der Waals surface area contributed by atoms with E-state index >= 15 is 0 Å². The number of rotatable bonds is 2. The molecule has 0 spiro atoms. The Morgan fingerprint density at radius 1 is 1.06 bits per heavy atom. The van der Waals surface area contributed by atoms with Crippen LogP contribution in [0, 0.1) is 5.41 Å². The van der Waals surface area contributed by atoms with Crippen LogP contribution in [0.5, 0.6) is 0 Å². The molecule has 1 fully saturated rings. The molecule has 6 nitrogen and oxygen atoms in total. The average molecular weight is 431 g/mol. The lowest BCUT2D eigenvalue weighted by Crippen LogP contribution is -2.41. The highest BCUT2D eigenvalue weighted by Crippen LogP contribution is 2.34. The molecule has 1 saturated heterocycles. The number of fused-ring (bicyclic) bond motifs is 2. The summed E-state index contributed by atoms with van der Waals surface area (Å²) < 4.78 is 1.60. The third kappa shape index (κ3) is 3.68. The van der Waals surface area contributed by atoms with Crippen LogP contribution >= 0.6 is 0 Å². The number of amides is 1. The number of piperidine rings is 1. The Bertz CT molecular complexity index is 1250. The molecule has 0 atom stereocenters. The van der Waals surface area contributed by atoms with E-state index in [4.69, 9.17) is 4.98 Å². The smallest absolute Gasteiger partial charge is 0.258 e. The number of benzene rings is 1. The fourth-order valence-electron chi connectivity index (χ4n) is 4.83. The van der Waals surface area contributed by atoms with Crippen LogP contribution in [-0.4, -0.2) is 40.0 Å². The fourth-order valence-corrected chi connectivity index (χ4v) is 4.83. The van der Waals surface area contributed by atoms with Crippen LogP contribution in [0.1, 0.15) is 49.0 Å². The van der Waals surface area contributed by atoms with Crippen LogP contribution in [0.25, 0.3) is 10.8 Å². The lowest BCUT2D eigenvalue weighted by molar-refractivity contribution is 0.0630. The number of carbonyl (C=O) groups is 1. The zero-order valence-corrected chi connectivity index (χ0v) is 19.1. The first-order chi connectivity index (χ1) is 15.3. The number of aromatic nitrogens is 2. The third-order valence-electron chi connectivity index (χ3n) is 7.05. The zero-order valence-electron chi connectivity index (χ0n) is 19.1. The molecule has 166 valence electrons. The van der Waals surface area contributed by atoms with E-state index in [2.05, 4.69) is 24.8 Å². The average Bonchev–Trinajstić information content (AvgIpc) is 2.80. The van der Waals surface area contributed by atoms with Crippen LogP contribution in [0.15, 0.2) is 47.5 Å². The highest BCUT2D eigenvalue weighted by molar-refractivity contribution is 5.95. The quantitative estimate of drug-likeness (QED) is 0.609. The predicted octanol–water partition coefficient (Wildman–Crippen LogP) is 4.28. The summed E-state index contributed by atoms with van der Waals surface area (Å²) in [6, 6.07) is 9.96. The maximum atomic E-state index is 13.1. The summed E-state index contributed by atoms with van der Waals surface area (Å²) in [6.07, 6.45) is 7.53. The minimum absolute atomic E-state index is 0.00970. The number of aryl methyl sites for hydroxylation is 2. The fraction of sp³-hybridized carbons (Fsp3) is 0.423. The van der Waals surface area contributed by atoms with Gasteiger partial charge in [0, 0.05) is 50.1 Å². The Kier molecular flexibility index (Phi) is 5.03. The molecule has 1 amide bonds. The summed E-state index contributed by atoms with van der Waals surface area (Å²) in [5, 5.41) is 1.65. The molecule has 0 N–H and O–H groups in total. The predicted molar refractivity (Wildman–Crippen MR) is 128 cm³/mol. The van der Waals surface area contributed by atoms with E-state index in [0.29, 0.717) is 11.0 Å². The van der Waals surface area contributed by atoms with Gasteiger partial charge in [-0.3, -0.25) is 9.59 Å². The van der Waals surface area contributed by atoms with Crippen LogP contribution in [0.2, 0.25) is 0 Å². The number of hydrogen-bond acceptors (Lipinski definition) is 4. The topological polar surface area (TPSA) is 58.4 Å². The van der Waals surface area contributed by atoms with Gasteiger partial charge in [-0.1, -0.05) is 13.8 Å². The molecule has 0 bridgehead atoms. The molecule has 0 radical (unpaired) electrons. The molecule has 4 heterocycles. The number of pyridine rings is 2. The number of hydrogen-bond donors (Lipinski definition) is 0. The Morgan fingerprint density at radius 3 is 2.62 bits per heavy atom. The molecule has 32 heavy (non-hydrogen) atoms. The normalized spacial score (nSPS) is 18.0. The van der Waals surface area contributed by atoms with Crippen molar-refractivity contribution in [3.63, 3.8) is 0 Å². The van der Waals surface area contributed by atoms with E-state index in [1.165, 1.54) is 0 Å². The maximum Gasteiger partial charge on any atom is 0.258 e. The van der Waals surface area contributed by atoms with E-state index in [-0.39, 0.29) is 11.5 Å². The van der Waals surface area contributed by atoms with Gasteiger partial charge in [-0.05, 0) is 72.4 Å². The molecular weight excluding hydrogens is 400 g/mol. The summed E-state index contributed by atoms with van der Waals surface area (Å²) >= 11 is 0. The van der Waals surface area contributed by atoms with Crippen molar-refractivity contribution in [2.75, 3.05) is 24.5 Å². The van der Waals surface area contributed by atoms with Gasteiger partial charge in [-0.2, -0.15) is 0 Å². The number of anilines is 2. The molecule has 2 aliphatic rings. The summed E-state index contributed by atoms with van der Waals surface area (Å²) in [5.74, 6) is 1.00. The van der Waals surface area contributed by atoms with Gasteiger partial charge in [0.1, 0.15) is 5.82 Å². The van der Waals surface area contributed by atoms with E-state index in [9.17, 15) is 9.59 Å². The van der Waals surface area contributed by atoms with Crippen molar-refractivity contribution >= 4 is 28.2 Å². The Hall–Kier alpha value is -3.15. The van der Waals surface area contributed by atoms with Gasteiger partial charge in [0.05, 0.1) is 5.56 Å². The summed E-state index contributed by atoms with van der Waals surface area (Å²) in [5.41, 5.74) is 3.15. The van der Waals surface area contributed by atoms with Gasteiger partial charge in [0.15, 0.2) is 0 Å². The number of carbonyl (C=O) groups excluding carboxylic acids is 1. The molecule has 0 unspecified atom stereocenters. The Labute approximate surface area is 188 Å². The minimum atomic E-state index is 0.00970. The Balaban J connectivity index is 1.43. The molecule has 2 aliphatic heterocycles. The lowest BCUT2D eigenvalue weighted by Gasteiger charge is -2.37. The van der Waals surface area contributed by atoms with Gasteiger partial charge in [-0.15, -0.1) is 0 Å². The van der Waals surface area contributed by atoms with Crippen molar-refractivity contribution in [2.45, 2.75) is 39.5 Å².